The van der Waals surface area contributed by atoms with Crippen LogP contribution in [0.3, 0.4) is 0 Å². The summed E-state index contributed by atoms with van der Waals surface area (Å²) in [5.41, 5.74) is 2.43. The van der Waals surface area contributed by atoms with E-state index in [9.17, 15) is 4.79 Å². The van der Waals surface area contributed by atoms with E-state index >= 15 is 0 Å². The Morgan fingerprint density at radius 2 is 2.17 bits per heavy atom. The number of aryl methyl sites for hydroxylation is 1. The van der Waals surface area contributed by atoms with E-state index in [1.165, 1.54) is 17.6 Å². The first-order chi connectivity index (χ1) is 11.2. The summed E-state index contributed by atoms with van der Waals surface area (Å²) in [6, 6.07) is 8.57. The summed E-state index contributed by atoms with van der Waals surface area (Å²) in [7, 11) is 2.10. The van der Waals surface area contributed by atoms with E-state index in [0.29, 0.717) is 19.5 Å². The Kier molecular flexibility index (Phi) is 4.60. The zero-order chi connectivity index (χ0) is 16.2. The molecule has 0 saturated carbocycles. The van der Waals surface area contributed by atoms with Gasteiger partial charge >= 0.3 is 0 Å². The summed E-state index contributed by atoms with van der Waals surface area (Å²) in [6.07, 6.45) is 4.55. The molecule has 2 aromatic rings. The molecule has 1 aliphatic heterocycles. The van der Waals surface area contributed by atoms with E-state index in [0.717, 1.165) is 13.0 Å². The van der Waals surface area contributed by atoms with E-state index < -0.39 is 0 Å². The molecule has 6 heteroatoms. The fourth-order valence-electron chi connectivity index (χ4n) is 3.19. The number of hydrogen-bond donors (Lipinski definition) is 0. The Morgan fingerprint density at radius 1 is 1.35 bits per heavy atom. The van der Waals surface area contributed by atoms with Crippen LogP contribution in [0.25, 0.3) is 0 Å². The van der Waals surface area contributed by atoms with Gasteiger partial charge in [-0.05, 0) is 18.1 Å². The molecule has 0 N–H and O–H groups in total. The van der Waals surface area contributed by atoms with Gasteiger partial charge in [-0.15, -0.1) is 0 Å². The predicted octanol–water partition coefficient (Wildman–Crippen LogP) is 1.93. The number of para-hydroxylation sites is 1. The normalized spacial score (nSPS) is 17.7. The molecule has 1 aromatic heterocycles. The van der Waals surface area contributed by atoms with Crippen molar-refractivity contribution in [3.63, 3.8) is 0 Å². The molecule has 1 atom stereocenters. The third-order valence-corrected chi connectivity index (χ3v) is 4.48. The van der Waals surface area contributed by atoms with E-state index in [4.69, 9.17) is 0 Å². The van der Waals surface area contributed by atoms with Gasteiger partial charge in [-0.25, -0.2) is 4.98 Å². The number of fused-ring (bicyclic) bond motifs is 1. The second-order valence-electron chi connectivity index (χ2n) is 6.00. The van der Waals surface area contributed by atoms with Gasteiger partial charge in [0.15, 0.2) is 0 Å². The molecule has 122 valence electrons. The van der Waals surface area contributed by atoms with E-state index in [-0.39, 0.29) is 11.9 Å². The smallest absolute Gasteiger partial charge is 0.225 e. The first-order valence-electron chi connectivity index (χ1n) is 8.10. The van der Waals surface area contributed by atoms with Crippen molar-refractivity contribution in [1.82, 2.24) is 19.7 Å². The highest BCUT2D eigenvalue weighted by Gasteiger charge is 2.28. The highest BCUT2D eigenvalue weighted by molar-refractivity contribution is 5.77. The third-order valence-electron chi connectivity index (χ3n) is 4.48. The van der Waals surface area contributed by atoms with Crippen LogP contribution < -0.4 is 4.90 Å². The van der Waals surface area contributed by atoms with Crippen LogP contribution in [0, 0.1) is 0 Å². The molecule has 6 nitrogen and oxygen atoms in total. The number of rotatable bonds is 4. The molecule has 0 unspecified atom stereocenters. The van der Waals surface area contributed by atoms with Crippen LogP contribution >= 0.6 is 0 Å². The second-order valence-corrected chi connectivity index (χ2v) is 6.00. The Bertz CT molecular complexity index is 655. The summed E-state index contributed by atoms with van der Waals surface area (Å²) in [4.78, 5) is 21.0. The fraction of sp³-hybridized carbons (Fsp3) is 0.471. The van der Waals surface area contributed by atoms with Crippen LogP contribution in [0.5, 0.6) is 0 Å². The average molecular weight is 313 g/mol. The first-order valence-corrected chi connectivity index (χ1v) is 8.10. The molecule has 1 aliphatic rings. The van der Waals surface area contributed by atoms with Crippen molar-refractivity contribution < 1.29 is 4.79 Å². The Morgan fingerprint density at radius 3 is 2.91 bits per heavy atom. The first kappa shape index (κ1) is 15.5. The molecular formula is C17H23N5O. The quantitative estimate of drug-likeness (QED) is 0.865. The summed E-state index contributed by atoms with van der Waals surface area (Å²) >= 11 is 0. The van der Waals surface area contributed by atoms with Gasteiger partial charge in [-0.2, -0.15) is 5.10 Å². The average Bonchev–Trinajstić information content (AvgIpc) is 3.04. The van der Waals surface area contributed by atoms with Crippen LogP contribution in [-0.4, -0.2) is 45.2 Å². The summed E-state index contributed by atoms with van der Waals surface area (Å²) in [5.74, 6) is 0.178. The van der Waals surface area contributed by atoms with Crippen molar-refractivity contribution in [3.05, 3.63) is 42.5 Å². The van der Waals surface area contributed by atoms with Crippen LogP contribution in [0.2, 0.25) is 0 Å². The minimum absolute atomic E-state index is 0.178. The lowest BCUT2D eigenvalue weighted by Gasteiger charge is -2.30. The van der Waals surface area contributed by atoms with Gasteiger partial charge in [0.25, 0.3) is 0 Å². The molecule has 0 saturated heterocycles. The minimum Gasteiger partial charge on any atom is -0.372 e. The molecule has 2 heterocycles. The number of benzene rings is 1. The number of hydrogen-bond acceptors (Lipinski definition) is 4. The minimum atomic E-state index is 0.178. The molecule has 3 rings (SSSR count). The van der Waals surface area contributed by atoms with Gasteiger partial charge < -0.3 is 9.80 Å². The van der Waals surface area contributed by atoms with Gasteiger partial charge in [-0.1, -0.05) is 25.1 Å². The van der Waals surface area contributed by atoms with Crippen molar-refractivity contribution in [3.8, 4) is 0 Å². The molecule has 1 aromatic carbocycles. The van der Waals surface area contributed by atoms with Crippen molar-refractivity contribution >= 4 is 11.6 Å². The molecule has 0 spiro atoms. The number of anilines is 1. The van der Waals surface area contributed by atoms with Gasteiger partial charge in [-0.3, -0.25) is 9.48 Å². The number of amides is 1. The maximum absolute atomic E-state index is 12.8. The highest BCUT2D eigenvalue weighted by Crippen LogP contribution is 2.27. The number of carbonyl (C=O) groups excluding carboxylic acids is 1. The number of carbonyl (C=O) groups is 1. The van der Waals surface area contributed by atoms with Crippen molar-refractivity contribution in [2.24, 2.45) is 0 Å². The molecular weight excluding hydrogens is 290 g/mol. The van der Waals surface area contributed by atoms with E-state index in [2.05, 4.69) is 47.2 Å². The van der Waals surface area contributed by atoms with Crippen molar-refractivity contribution in [1.29, 1.82) is 0 Å². The molecule has 1 amide bonds. The van der Waals surface area contributed by atoms with Crippen LogP contribution in [0.4, 0.5) is 5.69 Å². The second kappa shape index (κ2) is 6.81. The molecule has 0 fully saturated rings. The zero-order valence-corrected chi connectivity index (χ0v) is 13.7. The van der Waals surface area contributed by atoms with Crippen molar-refractivity contribution in [2.45, 2.75) is 38.9 Å². The summed E-state index contributed by atoms with van der Waals surface area (Å²) in [5, 5.41) is 4.07. The van der Waals surface area contributed by atoms with Gasteiger partial charge in [0.05, 0.1) is 6.54 Å². The summed E-state index contributed by atoms with van der Waals surface area (Å²) in [6.45, 7) is 4.26. The number of aromatic nitrogens is 3. The maximum atomic E-state index is 12.8. The lowest BCUT2D eigenvalue weighted by atomic mass is 10.1. The number of likely N-dealkylation sites (N-methyl/N-ethyl adjacent to an activating group) is 1. The third kappa shape index (κ3) is 3.36. The Hall–Kier alpha value is -2.37. The maximum Gasteiger partial charge on any atom is 0.225 e. The highest BCUT2D eigenvalue weighted by atomic mass is 16.2. The van der Waals surface area contributed by atoms with Crippen LogP contribution in [0.1, 0.15) is 25.3 Å². The SMILES string of the molecule is CC[C@@H]1CN(C)c2ccccc2CN1C(=O)CCn1cncn1. The van der Waals surface area contributed by atoms with Crippen LogP contribution in [0.15, 0.2) is 36.9 Å². The van der Waals surface area contributed by atoms with Gasteiger partial charge in [0, 0.05) is 38.3 Å². The lowest BCUT2D eigenvalue weighted by molar-refractivity contribution is -0.134. The number of nitrogens with zero attached hydrogens (tertiary/aromatic N) is 5. The Labute approximate surface area is 136 Å². The van der Waals surface area contributed by atoms with Crippen molar-refractivity contribution in [2.75, 3.05) is 18.5 Å². The van der Waals surface area contributed by atoms with Crippen LogP contribution in [-0.2, 0) is 17.9 Å². The zero-order valence-electron chi connectivity index (χ0n) is 13.7. The topological polar surface area (TPSA) is 54.3 Å². The molecule has 0 bridgehead atoms. The van der Waals surface area contributed by atoms with Gasteiger partial charge in [0.2, 0.25) is 5.91 Å². The van der Waals surface area contributed by atoms with E-state index in [1.54, 1.807) is 11.0 Å². The summed E-state index contributed by atoms with van der Waals surface area (Å²) < 4.78 is 1.71. The molecule has 0 radical (unpaired) electrons. The standard InChI is InChI=1S/C17H23N5O/c1-3-15-11-20(2)16-7-5-4-6-14(16)10-22(15)17(23)8-9-21-13-18-12-19-21/h4-7,12-13,15H,3,8-11H2,1-2H3/t15-/m1/s1. The molecule has 23 heavy (non-hydrogen) atoms. The van der Waals surface area contributed by atoms with Gasteiger partial charge in [0.1, 0.15) is 12.7 Å². The fourth-order valence-corrected chi connectivity index (χ4v) is 3.19. The monoisotopic (exact) mass is 313 g/mol. The van der Waals surface area contributed by atoms with E-state index in [1.807, 2.05) is 11.0 Å². The largest absolute Gasteiger partial charge is 0.372 e. The lowest BCUT2D eigenvalue weighted by Crippen LogP contribution is -2.43. The predicted molar refractivity (Wildman–Crippen MR) is 89.0 cm³/mol. The Balaban J connectivity index is 1.77. The molecule has 0 aliphatic carbocycles.